The second-order valence-electron chi connectivity index (χ2n) is 7.85. The van der Waals surface area contributed by atoms with Crippen LogP contribution >= 0.6 is 0 Å². The van der Waals surface area contributed by atoms with E-state index < -0.39 is 0 Å². The Labute approximate surface area is 186 Å². The van der Waals surface area contributed by atoms with Gasteiger partial charge in [0.2, 0.25) is 11.2 Å². The van der Waals surface area contributed by atoms with Gasteiger partial charge in [0.05, 0.1) is 5.39 Å². The summed E-state index contributed by atoms with van der Waals surface area (Å²) in [4.78, 5) is 25.9. The van der Waals surface area contributed by atoms with E-state index in [2.05, 4.69) is 5.32 Å². The molecule has 0 spiro atoms. The Bertz CT molecular complexity index is 1320. The first-order valence-electron chi connectivity index (χ1n) is 10.6. The second-order valence-corrected chi connectivity index (χ2v) is 7.85. The van der Waals surface area contributed by atoms with E-state index in [-0.39, 0.29) is 23.7 Å². The first kappa shape index (κ1) is 21.4. The molecule has 4 aromatic rings. The van der Waals surface area contributed by atoms with Gasteiger partial charge >= 0.3 is 0 Å². The number of aryl methyl sites for hydroxylation is 3. The molecule has 5 heteroatoms. The van der Waals surface area contributed by atoms with Gasteiger partial charge in [-0.2, -0.15) is 0 Å². The SMILES string of the molecule is CCc1ccc2oc(-c3ccccc3)c(OCC(=O)Nc3cc(C)cc(C)c3)c(=O)c2c1. The third-order valence-electron chi connectivity index (χ3n) is 5.21. The van der Waals surface area contributed by atoms with Gasteiger partial charge in [0, 0.05) is 11.3 Å². The molecule has 4 rings (SSSR count). The predicted octanol–water partition coefficient (Wildman–Crippen LogP) is 5.66. The zero-order chi connectivity index (χ0) is 22.7. The van der Waals surface area contributed by atoms with Crippen molar-refractivity contribution in [3.8, 4) is 17.1 Å². The number of fused-ring (bicyclic) bond motifs is 1. The van der Waals surface area contributed by atoms with Crippen LogP contribution in [0.1, 0.15) is 23.6 Å². The van der Waals surface area contributed by atoms with Gasteiger partial charge in [0.25, 0.3) is 5.91 Å². The van der Waals surface area contributed by atoms with Crippen molar-refractivity contribution < 1.29 is 13.9 Å². The molecule has 0 unspecified atom stereocenters. The van der Waals surface area contributed by atoms with Crippen molar-refractivity contribution in [3.63, 3.8) is 0 Å². The summed E-state index contributed by atoms with van der Waals surface area (Å²) in [6, 6.07) is 20.6. The molecule has 0 saturated carbocycles. The molecule has 3 aromatic carbocycles. The molecule has 0 aliphatic carbocycles. The predicted molar refractivity (Wildman–Crippen MR) is 127 cm³/mol. The summed E-state index contributed by atoms with van der Waals surface area (Å²) in [5.74, 6) is -0.00473. The Morgan fingerprint density at radius 1 is 0.969 bits per heavy atom. The molecular formula is C27H25NO4. The Kier molecular flexibility index (Phi) is 6.08. The third kappa shape index (κ3) is 4.57. The number of anilines is 1. The minimum Gasteiger partial charge on any atom is -0.476 e. The van der Waals surface area contributed by atoms with E-state index in [1.165, 1.54) is 0 Å². The van der Waals surface area contributed by atoms with Crippen molar-refractivity contribution in [2.75, 3.05) is 11.9 Å². The topological polar surface area (TPSA) is 68.5 Å². The Balaban J connectivity index is 1.69. The van der Waals surface area contributed by atoms with Crippen molar-refractivity contribution in [2.45, 2.75) is 27.2 Å². The quantitative estimate of drug-likeness (QED) is 0.431. The number of benzene rings is 3. The highest BCUT2D eigenvalue weighted by molar-refractivity contribution is 5.92. The summed E-state index contributed by atoms with van der Waals surface area (Å²) in [6.07, 6.45) is 0.796. The van der Waals surface area contributed by atoms with Crippen LogP contribution in [0.3, 0.4) is 0 Å². The fraction of sp³-hybridized carbons (Fsp3) is 0.185. The maximum absolute atomic E-state index is 13.3. The van der Waals surface area contributed by atoms with Gasteiger partial charge in [-0.1, -0.05) is 49.4 Å². The Morgan fingerprint density at radius 3 is 2.38 bits per heavy atom. The summed E-state index contributed by atoms with van der Waals surface area (Å²) in [5, 5.41) is 3.27. The molecule has 0 fully saturated rings. The van der Waals surface area contributed by atoms with Crippen LogP contribution in [0, 0.1) is 13.8 Å². The Hall–Kier alpha value is -3.86. The van der Waals surface area contributed by atoms with Gasteiger partial charge < -0.3 is 14.5 Å². The number of ether oxygens (including phenoxy) is 1. The largest absolute Gasteiger partial charge is 0.476 e. The van der Waals surface area contributed by atoms with E-state index in [1.54, 1.807) is 6.07 Å². The molecule has 0 saturated heterocycles. The molecule has 1 N–H and O–H groups in total. The maximum atomic E-state index is 13.3. The normalized spacial score (nSPS) is 10.8. The number of hydrogen-bond acceptors (Lipinski definition) is 4. The summed E-state index contributed by atoms with van der Waals surface area (Å²) >= 11 is 0. The molecule has 1 amide bonds. The van der Waals surface area contributed by atoms with Crippen LogP contribution in [-0.2, 0) is 11.2 Å². The maximum Gasteiger partial charge on any atom is 0.262 e. The summed E-state index contributed by atoms with van der Waals surface area (Å²) in [5.41, 5.74) is 4.71. The van der Waals surface area contributed by atoms with Crippen molar-refractivity contribution in [1.29, 1.82) is 0 Å². The van der Waals surface area contributed by atoms with E-state index in [1.807, 2.05) is 81.4 Å². The number of carbonyl (C=O) groups excluding carboxylic acids is 1. The zero-order valence-electron chi connectivity index (χ0n) is 18.4. The molecule has 0 aliphatic rings. The fourth-order valence-corrected chi connectivity index (χ4v) is 3.74. The summed E-state index contributed by atoms with van der Waals surface area (Å²) in [7, 11) is 0. The number of amides is 1. The van der Waals surface area contributed by atoms with Crippen molar-refractivity contribution in [3.05, 3.63) is 93.6 Å². The van der Waals surface area contributed by atoms with E-state index in [0.717, 1.165) is 23.1 Å². The van der Waals surface area contributed by atoms with Crippen molar-refractivity contribution in [2.24, 2.45) is 0 Å². The lowest BCUT2D eigenvalue weighted by Crippen LogP contribution is -2.22. The van der Waals surface area contributed by atoms with Gasteiger partial charge in [-0.15, -0.1) is 0 Å². The van der Waals surface area contributed by atoms with Gasteiger partial charge in [-0.25, -0.2) is 0 Å². The summed E-state index contributed by atoms with van der Waals surface area (Å²) < 4.78 is 11.9. The van der Waals surface area contributed by atoms with E-state index in [4.69, 9.17) is 9.15 Å². The molecule has 1 aromatic heterocycles. The first-order chi connectivity index (χ1) is 15.4. The lowest BCUT2D eigenvalue weighted by molar-refractivity contribution is -0.118. The molecule has 32 heavy (non-hydrogen) atoms. The molecule has 1 heterocycles. The smallest absolute Gasteiger partial charge is 0.262 e. The molecule has 0 radical (unpaired) electrons. The zero-order valence-corrected chi connectivity index (χ0v) is 18.4. The second kappa shape index (κ2) is 9.10. The van der Waals surface area contributed by atoms with Crippen LogP contribution in [-0.4, -0.2) is 12.5 Å². The highest BCUT2D eigenvalue weighted by atomic mass is 16.5. The van der Waals surface area contributed by atoms with E-state index in [0.29, 0.717) is 28.0 Å². The number of carbonyl (C=O) groups is 1. The van der Waals surface area contributed by atoms with Gasteiger partial charge in [0.1, 0.15) is 5.58 Å². The van der Waals surface area contributed by atoms with Crippen LogP contribution in [0.25, 0.3) is 22.3 Å². The number of rotatable bonds is 6. The van der Waals surface area contributed by atoms with Gasteiger partial charge in [0.15, 0.2) is 12.4 Å². The standard InChI is InChI=1S/C27H25NO4/c1-4-19-10-11-23-22(15-19)25(30)27(26(32-23)20-8-6-5-7-9-20)31-16-24(29)28-21-13-17(2)12-18(3)14-21/h5-15H,4,16H2,1-3H3,(H,28,29). The molecule has 0 atom stereocenters. The van der Waals surface area contributed by atoms with Crippen LogP contribution in [0.4, 0.5) is 5.69 Å². The van der Waals surface area contributed by atoms with Crippen LogP contribution in [0.2, 0.25) is 0 Å². The lowest BCUT2D eigenvalue weighted by Gasteiger charge is -2.13. The molecular weight excluding hydrogens is 402 g/mol. The average Bonchev–Trinajstić information content (AvgIpc) is 2.78. The average molecular weight is 428 g/mol. The highest BCUT2D eigenvalue weighted by Crippen LogP contribution is 2.31. The Morgan fingerprint density at radius 2 is 1.69 bits per heavy atom. The van der Waals surface area contributed by atoms with Crippen LogP contribution < -0.4 is 15.5 Å². The van der Waals surface area contributed by atoms with E-state index in [9.17, 15) is 9.59 Å². The molecule has 0 aliphatic heterocycles. The van der Waals surface area contributed by atoms with Gasteiger partial charge in [-0.3, -0.25) is 9.59 Å². The molecule has 0 bridgehead atoms. The monoisotopic (exact) mass is 427 g/mol. The fourth-order valence-electron chi connectivity index (χ4n) is 3.74. The summed E-state index contributed by atoms with van der Waals surface area (Å²) in [6.45, 7) is 5.65. The van der Waals surface area contributed by atoms with Crippen LogP contribution in [0.15, 0.2) is 75.9 Å². The van der Waals surface area contributed by atoms with Crippen LogP contribution in [0.5, 0.6) is 5.75 Å². The van der Waals surface area contributed by atoms with Gasteiger partial charge in [-0.05, 0) is 61.2 Å². The minimum atomic E-state index is -0.351. The number of nitrogens with one attached hydrogen (secondary N) is 1. The molecule has 162 valence electrons. The highest BCUT2D eigenvalue weighted by Gasteiger charge is 2.19. The minimum absolute atomic E-state index is 0.0347. The van der Waals surface area contributed by atoms with Crippen molar-refractivity contribution >= 4 is 22.6 Å². The number of hydrogen-bond donors (Lipinski definition) is 1. The first-order valence-corrected chi connectivity index (χ1v) is 10.6. The van der Waals surface area contributed by atoms with Crippen molar-refractivity contribution in [1.82, 2.24) is 0 Å². The third-order valence-corrected chi connectivity index (χ3v) is 5.21. The molecule has 5 nitrogen and oxygen atoms in total. The lowest BCUT2D eigenvalue weighted by atomic mass is 10.1. The van der Waals surface area contributed by atoms with E-state index >= 15 is 0 Å².